The molecule has 4 aromatic rings. The molecule has 0 aliphatic heterocycles. The number of benzene rings is 2. The zero-order valence-electron chi connectivity index (χ0n) is 23.9. The quantitative estimate of drug-likeness (QED) is 0.141. The molecule has 2 aromatic heterocycles. The van der Waals surface area contributed by atoms with Crippen LogP contribution in [-0.2, 0) is 12.8 Å². The van der Waals surface area contributed by atoms with E-state index in [0.717, 1.165) is 49.4 Å². The number of nitrogens with one attached hydrogen (secondary N) is 1. The van der Waals surface area contributed by atoms with Gasteiger partial charge in [-0.05, 0) is 66.8 Å². The Labute approximate surface area is 236 Å². The highest BCUT2D eigenvalue weighted by atomic mass is 19.1. The molecule has 0 spiro atoms. The van der Waals surface area contributed by atoms with Gasteiger partial charge in [0.1, 0.15) is 5.82 Å². The molecular weight excluding hydrogens is 509 g/mol. The maximum atomic E-state index is 12.9. The van der Waals surface area contributed by atoms with E-state index in [9.17, 15) is 4.39 Å². The molecule has 40 heavy (non-hydrogen) atoms. The zero-order valence-corrected chi connectivity index (χ0v) is 23.9. The lowest BCUT2D eigenvalue weighted by Gasteiger charge is -2.12. The van der Waals surface area contributed by atoms with Gasteiger partial charge < -0.3 is 24.3 Å². The number of methoxy groups -OCH3 is 2. The summed E-state index contributed by atoms with van der Waals surface area (Å²) in [5, 5.41) is 3.30. The maximum Gasteiger partial charge on any atom is 0.222 e. The third-order valence-electron chi connectivity index (χ3n) is 5.95. The number of ether oxygens (including phenoxy) is 4. The van der Waals surface area contributed by atoms with Crippen molar-refractivity contribution >= 4 is 5.82 Å². The van der Waals surface area contributed by atoms with Crippen LogP contribution in [0.3, 0.4) is 0 Å². The van der Waals surface area contributed by atoms with Gasteiger partial charge in [0.15, 0.2) is 23.0 Å². The first-order valence-corrected chi connectivity index (χ1v) is 13.5. The summed E-state index contributed by atoms with van der Waals surface area (Å²) >= 11 is 0. The molecule has 7 nitrogen and oxygen atoms in total. The van der Waals surface area contributed by atoms with Crippen molar-refractivity contribution in [3.05, 3.63) is 89.9 Å². The Kier molecular flexibility index (Phi) is 12.0. The van der Waals surface area contributed by atoms with Crippen molar-refractivity contribution in [2.75, 3.05) is 26.1 Å². The van der Waals surface area contributed by atoms with Gasteiger partial charge in [0.05, 0.1) is 14.2 Å². The number of aromatic nitrogens is 2. The molecule has 0 unspecified atom stereocenters. The molecule has 1 N–H and O–H groups in total. The van der Waals surface area contributed by atoms with E-state index in [1.807, 2.05) is 48.5 Å². The summed E-state index contributed by atoms with van der Waals surface area (Å²) in [6.07, 6.45) is 4.16. The minimum Gasteiger partial charge on any atom is -0.493 e. The number of unbranched alkanes of at least 4 members (excludes halogenated alkanes) is 1. The fourth-order valence-electron chi connectivity index (χ4n) is 3.67. The number of nitrogens with zero attached hydrogens (tertiary/aromatic N) is 2. The monoisotopic (exact) mass is 547 g/mol. The van der Waals surface area contributed by atoms with Gasteiger partial charge in [0, 0.05) is 18.7 Å². The van der Waals surface area contributed by atoms with E-state index in [1.54, 1.807) is 32.4 Å². The normalized spacial score (nSPS) is 10.2. The van der Waals surface area contributed by atoms with Crippen LogP contribution in [0.2, 0.25) is 0 Å². The van der Waals surface area contributed by atoms with Crippen LogP contribution in [0.15, 0.2) is 72.8 Å². The van der Waals surface area contributed by atoms with Crippen LogP contribution < -0.4 is 24.3 Å². The van der Waals surface area contributed by atoms with Gasteiger partial charge in [-0.3, -0.25) is 0 Å². The molecule has 0 saturated heterocycles. The molecule has 0 bridgehead atoms. The van der Waals surface area contributed by atoms with Gasteiger partial charge in [-0.2, -0.15) is 14.4 Å². The Bertz CT molecular complexity index is 1350. The lowest BCUT2D eigenvalue weighted by molar-refractivity contribution is 0.370. The maximum absolute atomic E-state index is 12.9. The van der Waals surface area contributed by atoms with Crippen molar-refractivity contribution in [3.8, 4) is 34.8 Å². The predicted molar refractivity (Wildman–Crippen MR) is 157 cm³/mol. The third kappa shape index (κ3) is 9.15. The fraction of sp³-hybridized carbons (Fsp3) is 0.312. The van der Waals surface area contributed by atoms with E-state index < -0.39 is 5.95 Å². The molecule has 4 rings (SSSR count). The zero-order chi connectivity index (χ0) is 28.7. The lowest BCUT2D eigenvalue weighted by Crippen LogP contribution is -2.03. The van der Waals surface area contributed by atoms with E-state index in [2.05, 4.69) is 36.1 Å². The molecule has 2 aromatic carbocycles. The van der Waals surface area contributed by atoms with E-state index in [4.69, 9.17) is 18.9 Å². The first-order valence-electron chi connectivity index (χ1n) is 13.5. The van der Waals surface area contributed by atoms with Gasteiger partial charge in [-0.15, -0.1) is 0 Å². The number of anilines is 1. The molecule has 0 saturated carbocycles. The summed E-state index contributed by atoms with van der Waals surface area (Å²) in [5.74, 6) is 3.56. The molecule has 0 aliphatic rings. The van der Waals surface area contributed by atoms with E-state index in [1.165, 1.54) is 11.6 Å². The number of hydrogen-bond donors (Lipinski definition) is 1. The summed E-state index contributed by atoms with van der Waals surface area (Å²) in [4.78, 5) is 8.11. The van der Waals surface area contributed by atoms with Crippen molar-refractivity contribution < 1.29 is 23.3 Å². The average molecular weight is 548 g/mol. The Balaban J connectivity index is 0.000000225. The SMILES string of the molecule is CCCCNc1cccc(Oc2ccc(CC)cc2OC)n1.CCc1ccc(Oc2cccc(F)n2)c(OC)c1. The van der Waals surface area contributed by atoms with E-state index in [0.29, 0.717) is 23.1 Å². The second-order valence-corrected chi connectivity index (χ2v) is 8.82. The topological polar surface area (TPSA) is 74.7 Å². The highest BCUT2D eigenvalue weighted by Crippen LogP contribution is 2.33. The molecule has 212 valence electrons. The van der Waals surface area contributed by atoms with Crippen LogP contribution in [0.1, 0.15) is 44.7 Å². The molecule has 0 radical (unpaired) electrons. The number of hydrogen-bond acceptors (Lipinski definition) is 7. The van der Waals surface area contributed by atoms with Crippen LogP contribution in [0, 0.1) is 5.95 Å². The Hall–Kier alpha value is -4.33. The highest BCUT2D eigenvalue weighted by Gasteiger charge is 2.09. The number of rotatable bonds is 12. The predicted octanol–water partition coefficient (Wildman–Crippen LogP) is 8.24. The summed E-state index contributed by atoms with van der Waals surface area (Å²) in [7, 11) is 3.22. The minimum atomic E-state index is -0.573. The summed E-state index contributed by atoms with van der Waals surface area (Å²) in [6, 6.07) is 21.7. The van der Waals surface area contributed by atoms with E-state index in [-0.39, 0.29) is 5.88 Å². The summed E-state index contributed by atoms with van der Waals surface area (Å²) < 4.78 is 35.0. The average Bonchev–Trinajstić information content (AvgIpc) is 2.98. The van der Waals surface area contributed by atoms with Crippen molar-refractivity contribution in [1.82, 2.24) is 9.97 Å². The first kappa shape index (κ1) is 30.2. The number of aryl methyl sites for hydroxylation is 2. The van der Waals surface area contributed by atoms with Crippen LogP contribution >= 0.6 is 0 Å². The van der Waals surface area contributed by atoms with Crippen LogP contribution in [0.25, 0.3) is 0 Å². The van der Waals surface area contributed by atoms with Crippen LogP contribution in [0.5, 0.6) is 34.8 Å². The van der Waals surface area contributed by atoms with Crippen molar-refractivity contribution in [2.45, 2.75) is 46.5 Å². The largest absolute Gasteiger partial charge is 0.493 e. The second-order valence-electron chi connectivity index (χ2n) is 8.82. The van der Waals surface area contributed by atoms with Gasteiger partial charge >= 0.3 is 0 Å². The third-order valence-corrected chi connectivity index (χ3v) is 5.95. The molecule has 8 heteroatoms. The first-order chi connectivity index (χ1) is 19.5. The van der Waals surface area contributed by atoms with Gasteiger partial charge in [-0.1, -0.05) is 51.5 Å². The number of pyridine rings is 2. The molecule has 0 fully saturated rings. The Morgan fingerprint density at radius 1 is 0.675 bits per heavy atom. The van der Waals surface area contributed by atoms with E-state index >= 15 is 0 Å². The molecule has 0 amide bonds. The fourth-order valence-corrected chi connectivity index (χ4v) is 3.67. The lowest BCUT2D eigenvalue weighted by atomic mass is 10.1. The Morgan fingerprint density at radius 2 is 1.23 bits per heavy atom. The molecule has 0 atom stereocenters. The van der Waals surface area contributed by atoms with Gasteiger partial charge in [-0.25, -0.2) is 0 Å². The highest BCUT2D eigenvalue weighted by molar-refractivity contribution is 5.46. The van der Waals surface area contributed by atoms with Gasteiger partial charge in [0.2, 0.25) is 17.7 Å². The van der Waals surface area contributed by atoms with Crippen molar-refractivity contribution in [2.24, 2.45) is 0 Å². The van der Waals surface area contributed by atoms with Crippen LogP contribution in [-0.4, -0.2) is 30.7 Å². The van der Waals surface area contributed by atoms with Gasteiger partial charge in [0.25, 0.3) is 0 Å². The summed E-state index contributed by atoms with van der Waals surface area (Å²) in [5.41, 5.74) is 2.36. The second kappa shape index (κ2) is 15.9. The van der Waals surface area contributed by atoms with Crippen molar-refractivity contribution in [1.29, 1.82) is 0 Å². The number of halogens is 1. The molecule has 0 aliphatic carbocycles. The van der Waals surface area contributed by atoms with Crippen LogP contribution in [0.4, 0.5) is 10.2 Å². The smallest absolute Gasteiger partial charge is 0.222 e. The molecular formula is C32H38FN3O4. The van der Waals surface area contributed by atoms with Crippen molar-refractivity contribution in [3.63, 3.8) is 0 Å². The Morgan fingerprint density at radius 3 is 1.73 bits per heavy atom. The standard InChI is InChI=1S/C18H24N2O2.C14H14FNO2/c1-4-6-12-19-17-8-7-9-18(20-17)22-15-11-10-14(5-2)13-16(15)21-3;1-3-10-7-8-11(12(9-10)17-2)18-14-6-4-5-13(15)16-14/h7-11,13H,4-6,12H2,1-3H3,(H,19,20);4-9H,3H2,1-2H3. The molecule has 2 heterocycles. The minimum absolute atomic E-state index is 0.206. The summed E-state index contributed by atoms with van der Waals surface area (Å²) in [6.45, 7) is 7.26.